The quantitative estimate of drug-likeness (QED) is 0.646. The van der Waals surface area contributed by atoms with E-state index in [4.69, 9.17) is 15.2 Å². The molecule has 0 saturated carbocycles. The number of hydrogen-bond acceptors (Lipinski definition) is 4. The number of ether oxygens (including phenoxy) is 2. The minimum Gasteiger partial charge on any atom is -0.385 e. The summed E-state index contributed by atoms with van der Waals surface area (Å²) in [6, 6.07) is 0.375. The highest BCUT2D eigenvalue weighted by molar-refractivity contribution is 4.89. The first-order chi connectivity index (χ1) is 7.55. The Morgan fingerprint density at radius 3 is 2.31 bits per heavy atom. The molecule has 0 aromatic carbocycles. The number of rotatable bonds is 9. The van der Waals surface area contributed by atoms with Crippen molar-refractivity contribution < 1.29 is 9.47 Å². The first-order valence-corrected chi connectivity index (χ1v) is 6.00. The van der Waals surface area contributed by atoms with Crippen molar-refractivity contribution in [3.05, 3.63) is 0 Å². The standard InChI is InChI=1S/C12H28N2O2/c1-6-14(11(2)9-16-5)12(3,10-13)7-8-15-4/h11H,6-10,13H2,1-5H3. The summed E-state index contributed by atoms with van der Waals surface area (Å²) < 4.78 is 10.4. The summed E-state index contributed by atoms with van der Waals surface area (Å²) in [5, 5.41) is 0. The third-order valence-electron chi connectivity index (χ3n) is 3.26. The highest BCUT2D eigenvalue weighted by atomic mass is 16.5. The topological polar surface area (TPSA) is 47.7 Å². The molecule has 0 aliphatic carbocycles. The van der Waals surface area contributed by atoms with Crippen molar-refractivity contribution in [3.8, 4) is 0 Å². The molecule has 0 aliphatic heterocycles. The molecule has 0 aliphatic rings. The average molecular weight is 232 g/mol. The van der Waals surface area contributed by atoms with E-state index in [0.717, 1.165) is 26.2 Å². The summed E-state index contributed by atoms with van der Waals surface area (Å²) in [4.78, 5) is 2.40. The van der Waals surface area contributed by atoms with E-state index in [1.807, 2.05) is 0 Å². The van der Waals surface area contributed by atoms with Gasteiger partial charge in [0.15, 0.2) is 0 Å². The number of nitrogens with zero attached hydrogens (tertiary/aromatic N) is 1. The fourth-order valence-electron chi connectivity index (χ4n) is 2.24. The molecule has 98 valence electrons. The van der Waals surface area contributed by atoms with Crippen LogP contribution in [0.25, 0.3) is 0 Å². The first kappa shape index (κ1) is 15.8. The van der Waals surface area contributed by atoms with Gasteiger partial charge in [0.25, 0.3) is 0 Å². The molecule has 0 spiro atoms. The minimum atomic E-state index is -0.0112. The van der Waals surface area contributed by atoms with Crippen LogP contribution in [0.5, 0.6) is 0 Å². The molecule has 0 amide bonds. The zero-order chi connectivity index (χ0) is 12.6. The van der Waals surface area contributed by atoms with Crippen LogP contribution in [0.1, 0.15) is 27.2 Å². The van der Waals surface area contributed by atoms with Crippen LogP contribution < -0.4 is 5.73 Å². The summed E-state index contributed by atoms with van der Waals surface area (Å²) in [5.74, 6) is 0. The summed E-state index contributed by atoms with van der Waals surface area (Å²) in [7, 11) is 3.46. The predicted octanol–water partition coefficient (Wildman–Crippen LogP) is 1.10. The van der Waals surface area contributed by atoms with Crippen molar-refractivity contribution in [3.63, 3.8) is 0 Å². The Morgan fingerprint density at radius 2 is 1.94 bits per heavy atom. The Balaban J connectivity index is 4.57. The van der Waals surface area contributed by atoms with Crippen LogP contribution in [-0.4, -0.2) is 57.0 Å². The second-order valence-electron chi connectivity index (χ2n) is 4.53. The summed E-state index contributed by atoms with van der Waals surface area (Å²) in [5.41, 5.74) is 5.91. The summed E-state index contributed by atoms with van der Waals surface area (Å²) >= 11 is 0. The largest absolute Gasteiger partial charge is 0.385 e. The zero-order valence-electron chi connectivity index (χ0n) is 11.5. The maximum absolute atomic E-state index is 5.92. The highest BCUT2D eigenvalue weighted by Gasteiger charge is 2.32. The van der Waals surface area contributed by atoms with Crippen molar-refractivity contribution >= 4 is 0 Å². The van der Waals surface area contributed by atoms with E-state index in [9.17, 15) is 0 Å². The average Bonchev–Trinajstić information content (AvgIpc) is 2.27. The van der Waals surface area contributed by atoms with Gasteiger partial charge in [-0.25, -0.2) is 0 Å². The fraction of sp³-hybridized carbons (Fsp3) is 1.00. The lowest BCUT2D eigenvalue weighted by molar-refractivity contribution is 0.0120. The molecule has 2 N–H and O–H groups in total. The van der Waals surface area contributed by atoms with Crippen molar-refractivity contribution in [1.82, 2.24) is 4.90 Å². The van der Waals surface area contributed by atoms with Gasteiger partial charge in [0, 0.05) is 39.0 Å². The van der Waals surface area contributed by atoms with Gasteiger partial charge < -0.3 is 15.2 Å². The molecule has 0 fully saturated rings. The number of nitrogens with two attached hydrogens (primary N) is 1. The van der Waals surface area contributed by atoms with E-state index in [2.05, 4.69) is 25.7 Å². The van der Waals surface area contributed by atoms with Crippen molar-refractivity contribution in [1.29, 1.82) is 0 Å². The summed E-state index contributed by atoms with van der Waals surface area (Å²) in [6.45, 7) is 9.61. The molecule has 0 rings (SSSR count). The lowest BCUT2D eigenvalue weighted by Gasteiger charge is -2.43. The minimum absolute atomic E-state index is 0.0112. The highest BCUT2D eigenvalue weighted by Crippen LogP contribution is 2.21. The van der Waals surface area contributed by atoms with Gasteiger partial charge in [-0.1, -0.05) is 6.92 Å². The van der Waals surface area contributed by atoms with Gasteiger partial charge in [0.05, 0.1) is 6.61 Å². The number of hydrogen-bond donors (Lipinski definition) is 1. The SMILES string of the molecule is CCN(C(C)COC)C(C)(CN)CCOC. The maximum atomic E-state index is 5.92. The second-order valence-corrected chi connectivity index (χ2v) is 4.53. The molecule has 4 nitrogen and oxygen atoms in total. The molecule has 2 atom stereocenters. The van der Waals surface area contributed by atoms with E-state index in [-0.39, 0.29) is 5.54 Å². The zero-order valence-corrected chi connectivity index (χ0v) is 11.5. The molecule has 0 radical (unpaired) electrons. The smallest absolute Gasteiger partial charge is 0.0615 e. The van der Waals surface area contributed by atoms with E-state index >= 15 is 0 Å². The summed E-state index contributed by atoms with van der Waals surface area (Å²) in [6.07, 6.45) is 0.946. The number of methoxy groups -OCH3 is 2. The molecule has 0 aromatic rings. The monoisotopic (exact) mass is 232 g/mol. The van der Waals surface area contributed by atoms with E-state index in [0.29, 0.717) is 12.6 Å². The van der Waals surface area contributed by atoms with Gasteiger partial charge >= 0.3 is 0 Å². The first-order valence-electron chi connectivity index (χ1n) is 6.00. The lowest BCUT2D eigenvalue weighted by Crippen LogP contribution is -2.56. The van der Waals surface area contributed by atoms with Crippen molar-refractivity contribution in [2.24, 2.45) is 5.73 Å². The second kappa shape index (κ2) is 8.01. The van der Waals surface area contributed by atoms with Gasteiger partial charge in [-0.3, -0.25) is 4.90 Å². The van der Waals surface area contributed by atoms with Crippen LogP contribution in [0.15, 0.2) is 0 Å². The molecule has 2 unspecified atom stereocenters. The van der Waals surface area contributed by atoms with Crippen molar-refractivity contribution in [2.45, 2.75) is 38.8 Å². The van der Waals surface area contributed by atoms with Crippen LogP contribution in [0.2, 0.25) is 0 Å². The van der Waals surface area contributed by atoms with Gasteiger partial charge in [-0.15, -0.1) is 0 Å². The van der Waals surface area contributed by atoms with Crippen LogP contribution in [0.3, 0.4) is 0 Å². The Bertz CT molecular complexity index is 178. The predicted molar refractivity (Wildman–Crippen MR) is 67.7 cm³/mol. The Morgan fingerprint density at radius 1 is 1.31 bits per heavy atom. The maximum Gasteiger partial charge on any atom is 0.0615 e. The Labute approximate surface area is 100 Å². The van der Waals surface area contributed by atoms with Crippen LogP contribution in [0.4, 0.5) is 0 Å². The number of likely N-dealkylation sites (N-methyl/N-ethyl adjacent to an activating group) is 1. The van der Waals surface area contributed by atoms with Gasteiger partial charge in [0.1, 0.15) is 0 Å². The molecule has 0 aromatic heterocycles. The van der Waals surface area contributed by atoms with Crippen LogP contribution in [-0.2, 0) is 9.47 Å². The molecule has 16 heavy (non-hydrogen) atoms. The molecule has 0 heterocycles. The van der Waals surface area contributed by atoms with E-state index in [1.165, 1.54) is 0 Å². The lowest BCUT2D eigenvalue weighted by atomic mass is 9.94. The van der Waals surface area contributed by atoms with Gasteiger partial charge in [-0.2, -0.15) is 0 Å². The molecule has 0 bridgehead atoms. The third kappa shape index (κ3) is 4.37. The van der Waals surface area contributed by atoms with Crippen LogP contribution >= 0.6 is 0 Å². The Kier molecular flexibility index (Phi) is 7.93. The van der Waals surface area contributed by atoms with E-state index < -0.39 is 0 Å². The molecular formula is C12H28N2O2. The fourth-order valence-corrected chi connectivity index (χ4v) is 2.24. The van der Waals surface area contributed by atoms with Crippen LogP contribution in [0, 0.1) is 0 Å². The Hall–Kier alpha value is -0.160. The molecular weight excluding hydrogens is 204 g/mol. The van der Waals surface area contributed by atoms with Gasteiger partial charge in [0.2, 0.25) is 0 Å². The third-order valence-corrected chi connectivity index (χ3v) is 3.26. The molecule has 0 saturated heterocycles. The van der Waals surface area contributed by atoms with Gasteiger partial charge in [-0.05, 0) is 26.8 Å². The van der Waals surface area contributed by atoms with E-state index in [1.54, 1.807) is 14.2 Å². The van der Waals surface area contributed by atoms with Crippen molar-refractivity contribution in [2.75, 3.05) is 40.5 Å². The molecule has 4 heteroatoms. The normalized spacial score (nSPS) is 17.4.